The number of nitrogens with zero attached hydrogens (tertiary/aromatic N) is 1. The third-order valence-corrected chi connectivity index (χ3v) is 6.04. The number of aliphatic hydroxyl groups excluding tert-OH is 1. The van der Waals surface area contributed by atoms with Crippen molar-refractivity contribution in [1.29, 1.82) is 0 Å². The Kier molecular flexibility index (Phi) is 20.0. The molecule has 2 atom stereocenters. The SMILES string of the molecule is CCCCCC/C=C\CCCCCCCCOCC(O)COP(=O)(O)OCC[N+](C)(C)C. The average Bonchev–Trinajstić information content (AvgIpc) is 2.71. The lowest BCUT2D eigenvalue weighted by Crippen LogP contribution is -2.37. The Labute approximate surface area is 197 Å². The number of phosphoric acid groups is 1. The molecule has 0 spiro atoms. The van der Waals surface area contributed by atoms with E-state index < -0.39 is 13.9 Å². The summed E-state index contributed by atoms with van der Waals surface area (Å²) in [5.74, 6) is 0. The predicted octanol–water partition coefficient (Wildman–Crippen LogP) is 5.46. The van der Waals surface area contributed by atoms with E-state index in [-0.39, 0.29) is 19.8 Å². The zero-order valence-corrected chi connectivity index (χ0v) is 22.1. The van der Waals surface area contributed by atoms with Gasteiger partial charge in [-0.1, -0.05) is 64.0 Å². The van der Waals surface area contributed by atoms with Crippen molar-refractivity contribution in [1.82, 2.24) is 0 Å². The van der Waals surface area contributed by atoms with E-state index in [1.165, 1.54) is 64.2 Å². The van der Waals surface area contributed by atoms with Gasteiger partial charge in [0.25, 0.3) is 0 Å². The third-order valence-electron chi connectivity index (χ3n) is 5.06. The van der Waals surface area contributed by atoms with Gasteiger partial charge in [0, 0.05) is 6.61 Å². The number of phosphoric ester groups is 1. The van der Waals surface area contributed by atoms with Crippen molar-refractivity contribution in [3.63, 3.8) is 0 Å². The quantitative estimate of drug-likeness (QED) is 0.0874. The van der Waals surface area contributed by atoms with E-state index in [9.17, 15) is 14.6 Å². The fraction of sp³-hybridized carbons (Fsp3) is 0.917. The molecular formula is C24H51NO6P+. The summed E-state index contributed by atoms with van der Waals surface area (Å²) in [5.41, 5.74) is 0. The largest absolute Gasteiger partial charge is 0.472 e. The minimum absolute atomic E-state index is 0.0870. The van der Waals surface area contributed by atoms with E-state index in [2.05, 4.69) is 19.1 Å². The molecule has 0 heterocycles. The molecule has 32 heavy (non-hydrogen) atoms. The molecule has 8 heteroatoms. The molecule has 0 bridgehead atoms. The molecule has 0 aliphatic heterocycles. The van der Waals surface area contributed by atoms with Crippen molar-refractivity contribution in [2.45, 2.75) is 90.1 Å². The van der Waals surface area contributed by atoms with Gasteiger partial charge in [0.1, 0.15) is 19.3 Å². The molecule has 0 rings (SSSR count). The highest BCUT2D eigenvalue weighted by Crippen LogP contribution is 2.43. The first-order chi connectivity index (χ1) is 15.2. The zero-order chi connectivity index (χ0) is 24.1. The maximum atomic E-state index is 11.8. The van der Waals surface area contributed by atoms with Crippen molar-refractivity contribution in [3.05, 3.63) is 12.2 Å². The normalized spacial score (nSPS) is 15.3. The minimum atomic E-state index is -4.14. The van der Waals surface area contributed by atoms with E-state index in [0.29, 0.717) is 17.6 Å². The van der Waals surface area contributed by atoms with Crippen LogP contribution < -0.4 is 0 Å². The fourth-order valence-electron chi connectivity index (χ4n) is 3.01. The molecule has 0 saturated carbocycles. The first kappa shape index (κ1) is 31.7. The van der Waals surface area contributed by atoms with Crippen LogP contribution in [0.5, 0.6) is 0 Å². The van der Waals surface area contributed by atoms with Gasteiger partial charge in [-0.2, -0.15) is 0 Å². The van der Waals surface area contributed by atoms with Crippen molar-refractivity contribution in [2.75, 3.05) is 54.1 Å². The van der Waals surface area contributed by atoms with E-state index in [0.717, 1.165) is 12.8 Å². The molecule has 0 amide bonds. The number of allylic oxidation sites excluding steroid dienone is 2. The van der Waals surface area contributed by atoms with Crippen molar-refractivity contribution in [3.8, 4) is 0 Å². The van der Waals surface area contributed by atoms with Crippen LogP contribution in [0.4, 0.5) is 0 Å². The summed E-state index contributed by atoms with van der Waals surface area (Å²) in [7, 11) is 1.75. The molecule has 192 valence electrons. The maximum absolute atomic E-state index is 11.8. The van der Waals surface area contributed by atoms with Crippen LogP contribution in [0.25, 0.3) is 0 Å². The van der Waals surface area contributed by atoms with Crippen LogP contribution in [-0.4, -0.2) is 74.7 Å². The van der Waals surface area contributed by atoms with Crippen LogP contribution in [0.1, 0.15) is 84.0 Å². The number of likely N-dealkylation sites (N-methyl/N-ethyl adjacent to an activating group) is 1. The number of quaternary nitrogens is 1. The lowest BCUT2D eigenvalue weighted by molar-refractivity contribution is -0.870. The Hall–Kier alpha value is -0.270. The van der Waals surface area contributed by atoms with Crippen LogP contribution in [0.2, 0.25) is 0 Å². The van der Waals surface area contributed by atoms with Crippen molar-refractivity contribution >= 4 is 7.82 Å². The smallest absolute Gasteiger partial charge is 0.388 e. The maximum Gasteiger partial charge on any atom is 0.472 e. The van der Waals surface area contributed by atoms with Crippen molar-refractivity contribution in [2.24, 2.45) is 0 Å². The molecule has 0 aliphatic rings. The second-order valence-electron chi connectivity index (χ2n) is 9.57. The standard InChI is InChI=1S/C24H50NO6P/c1-5-6-7-8-9-10-11-12-13-14-15-16-17-18-20-29-22-24(26)23-31-32(27,28)30-21-19-25(2,3)4/h10-11,24,26H,5-9,12-23H2,1-4H3/p+1/b11-10-. The molecule has 7 nitrogen and oxygen atoms in total. The topological polar surface area (TPSA) is 85.2 Å². The highest BCUT2D eigenvalue weighted by Gasteiger charge is 2.24. The van der Waals surface area contributed by atoms with Gasteiger partial charge in [-0.15, -0.1) is 0 Å². The summed E-state index contributed by atoms with van der Waals surface area (Å²) in [4.78, 5) is 9.62. The molecule has 0 aromatic carbocycles. The highest BCUT2D eigenvalue weighted by atomic mass is 31.2. The molecule has 0 radical (unpaired) electrons. The van der Waals surface area contributed by atoms with E-state index >= 15 is 0 Å². The average molecular weight is 481 g/mol. The molecule has 0 saturated heterocycles. The third kappa shape index (κ3) is 24.4. The monoisotopic (exact) mass is 480 g/mol. The Morgan fingerprint density at radius 3 is 1.97 bits per heavy atom. The highest BCUT2D eigenvalue weighted by molar-refractivity contribution is 7.47. The van der Waals surface area contributed by atoms with Gasteiger partial charge in [-0.3, -0.25) is 9.05 Å². The summed E-state index contributed by atoms with van der Waals surface area (Å²) in [6, 6.07) is 0. The number of aliphatic hydroxyl groups is 1. The minimum Gasteiger partial charge on any atom is -0.388 e. The molecule has 2 N–H and O–H groups in total. The lowest BCUT2D eigenvalue weighted by Gasteiger charge is -2.24. The number of hydrogen-bond acceptors (Lipinski definition) is 5. The van der Waals surface area contributed by atoms with Gasteiger partial charge in [-0.05, 0) is 32.1 Å². The molecule has 0 aromatic rings. The van der Waals surface area contributed by atoms with Crippen LogP contribution in [0.3, 0.4) is 0 Å². The predicted molar refractivity (Wildman–Crippen MR) is 132 cm³/mol. The van der Waals surface area contributed by atoms with E-state index in [1.54, 1.807) is 0 Å². The Morgan fingerprint density at radius 1 is 0.812 bits per heavy atom. The zero-order valence-electron chi connectivity index (χ0n) is 21.2. The number of hydrogen-bond donors (Lipinski definition) is 2. The summed E-state index contributed by atoms with van der Waals surface area (Å²) in [6.45, 7) is 3.31. The molecule has 0 fully saturated rings. The first-order valence-corrected chi connectivity index (χ1v) is 14.0. The molecule has 0 aromatic heterocycles. The summed E-state index contributed by atoms with van der Waals surface area (Å²) in [6.07, 6.45) is 18.5. The van der Waals surface area contributed by atoms with E-state index in [4.69, 9.17) is 13.8 Å². The molecule has 2 unspecified atom stereocenters. The van der Waals surface area contributed by atoms with Crippen LogP contribution in [-0.2, 0) is 18.3 Å². The number of ether oxygens (including phenoxy) is 1. The first-order valence-electron chi connectivity index (χ1n) is 12.5. The van der Waals surface area contributed by atoms with Crippen LogP contribution >= 0.6 is 7.82 Å². The van der Waals surface area contributed by atoms with Crippen LogP contribution in [0, 0.1) is 0 Å². The Balaban J connectivity index is 3.46. The van der Waals surface area contributed by atoms with Gasteiger partial charge in [0.2, 0.25) is 0 Å². The second kappa shape index (κ2) is 20.1. The molecular weight excluding hydrogens is 429 g/mol. The summed E-state index contributed by atoms with van der Waals surface area (Å²) < 4.78 is 27.6. The van der Waals surface area contributed by atoms with Gasteiger partial charge >= 0.3 is 7.82 Å². The van der Waals surface area contributed by atoms with Gasteiger partial charge in [-0.25, -0.2) is 4.57 Å². The number of rotatable bonds is 23. The number of unbranched alkanes of at least 4 members (excludes halogenated alkanes) is 10. The lowest BCUT2D eigenvalue weighted by atomic mass is 10.1. The van der Waals surface area contributed by atoms with Gasteiger partial charge in [0.05, 0.1) is 34.4 Å². The van der Waals surface area contributed by atoms with Crippen molar-refractivity contribution < 1.29 is 32.8 Å². The van der Waals surface area contributed by atoms with Gasteiger partial charge in [0.15, 0.2) is 0 Å². The molecule has 0 aliphatic carbocycles. The van der Waals surface area contributed by atoms with Crippen LogP contribution in [0.15, 0.2) is 12.2 Å². The Morgan fingerprint density at radius 2 is 1.38 bits per heavy atom. The fourth-order valence-corrected chi connectivity index (χ4v) is 3.76. The Bertz CT molecular complexity index is 495. The summed E-state index contributed by atoms with van der Waals surface area (Å²) >= 11 is 0. The van der Waals surface area contributed by atoms with E-state index in [1.807, 2.05) is 21.1 Å². The summed E-state index contributed by atoms with van der Waals surface area (Å²) in [5, 5.41) is 9.84. The van der Waals surface area contributed by atoms with Gasteiger partial charge < -0.3 is 19.2 Å². The second-order valence-corrected chi connectivity index (χ2v) is 11.0.